The number of rotatable bonds is 12. The summed E-state index contributed by atoms with van der Waals surface area (Å²) in [6.45, 7) is 10.1. The maximum absolute atomic E-state index is 9.49. The molecule has 18 heavy (non-hydrogen) atoms. The minimum Gasteiger partial charge on any atom is -0.328 e. The number of unbranched alkanes of at least 4 members (excludes halogenated alkanes) is 2. The van der Waals surface area contributed by atoms with Crippen molar-refractivity contribution in [1.29, 1.82) is 0 Å². The summed E-state index contributed by atoms with van der Waals surface area (Å²) in [5, 5.41) is 0. The smallest absolute Gasteiger partial charge is 0.328 e. The third-order valence-corrected chi connectivity index (χ3v) is 3.56. The van der Waals surface area contributed by atoms with E-state index in [0.29, 0.717) is 13.2 Å². The number of hydrogen-bond donors (Lipinski definition) is 1. The first-order valence-corrected chi connectivity index (χ1v) is 8.40. The quantitative estimate of drug-likeness (QED) is 0.408. The standard InChI is InChI=1S/C14H31O3P/c1-13(2)9-5-7-11-16-18(15)17-12-8-6-10-14(3)4/h13-15H,5-12H2,1-4H3. The molecular formula is C14H31O3P. The Kier molecular flexibility index (Phi) is 12.6. The van der Waals surface area contributed by atoms with E-state index in [1.165, 1.54) is 12.8 Å². The third kappa shape index (κ3) is 14.4. The summed E-state index contributed by atoms with van der Waals surface area (Å²) in [5.74, 6) is 1.50. The summed E-state index contributed by atoms with van der Waals surface area (Å²) >= 11 is 0. The van der Waals surface area contributed by atoms with Gasteiger partial charge in [0.2, 0.25) is 0 Å². The highest BCUT2D eigenvalue weighted by Gasteiger charge is 2.06. The molecule has 1 N–H and O–H groups in total. The second-order valence-electron chi connectivity index (χ2n) is 5.68. The van der Waals surface area contributed by atoms with Crippen molar-refractivity contribution in [3.05, 3.63) is 0 Å². The molecular weight excluding hydrogens is 247 g/mol. The van der Waals surface area contributed by atoms with Crippen LogP contribution in [-0.4, -0.2) is 18.1 Å². The lowest BCUT2D eigenvalue weighted by Crippen LogP contribution is -1.97. The van der Waals surface area contributed by atoms with Crippen molar-refractivity contribution in [3.8, 4) is 0 Å². The molecule has 3 nitrogen and oxygen atoms in total. The molecule has 0 unspecified atom stereocenters. The Bertz CT molecular complexity index is 156. The van der Waals surface area contributed by atoms with E-state index in [0.717, 1.165) is 37.5 Å². The van der Waals surface area contributed by atoms with E-state index in [-0.39, 0.29) is 0 Å². The van der Waals surface area contributed by atoms with Gasteiger partial charge < -0.3 is 13.9 Å². The van der Waals surface area contributed by atoms with Crippen molar-refractivity contribution >= 4 is 8.60 Å². The maximum atomic E-state index is 9.49. The van der Waals surface area contributed by atoms with Gasteiger partial charge in [-0.1, -0.05) is 53.4 Å². The van der Waals surface area contributed by atoms with Crippen molar-refractivity contribution in [3.63, 3.8) is 0 Å². The predicted molar refractivity (Wildman–Crippen MR) is 78.4 cm³/mol. The molecule has 0 saturated carbocycles. The van der Waals surface area contributed by atoms with Gasteiger partial charge in [-0.25, -0.2) is 0 Å². The summed E-state index contributed by atoms with van der Waals surface area (Å²) in [6, 6.07) is 0. The lowest BCUT2D eigenvalue weighted by atomic mass is 10.1. The second-order valence-corrected chi connectivity index (χ2v) is 6.68. The van der Waals surface area contributed by atoms with Crippen LogP contribution in [0.4, 0.5) is 0 Å². The van der Waals surface area contributed by atoms with E-state index in [4.69, 9.17) is 9.05 Å². The Morgan fingerprint density at radius 3 is 1.50 bits per heavy atom. The van der Waals surface area contributed by atoms with E-state index in [9.17, 15) is 4.89 Å². The lowest BCUT2D eigenvalue weighted by molar-refractivity contribution is 0.193. The van der Waals surface area contributed by atoms with Gasteiger partial charge in [-0.05, 0) is 24.7 Å². The second kappa shape index (κ2) is 12.3. The highest BCUT2D eigenvalue weighted by molar-refractivity contribution is 7.40. The van der Waals surface area contributed by atoms with E-state index >= 15 is 0 Å². The van der Waals surface area contributed by atoms with Crippen LogP contribution in [0.25, 0.3) is 0 Å². The van der Waals surface area contributed by atoms with Gasteiger partial charge in [-0.2, -0.15) is 0 Å². The average Bonchev–Trinajstić information content (AvgIpc) is 2.27. The predicted octanol–water partition coefficient (Wildman–Crippen LogP) is 4.89. The molecule has 0 fully saturated rings. The Labute approximate surface area is 114 Å². The first-order valence-electron chi connectivity index (χ1n) is 7.27. The van der Waals surface area contributed by atoms with E-state index in [1.54, 1.807) is 0 Å². The molecule has 0 aromatic rings. The molecule has 0 aromatic heterocycles. The number of hydrogen-bond acceptors (Lipinski definition) is 3. The highest BCUT2D eigenvalue weighted by Crippen LogP contribution is 2.33. The van der Waals surface area contributed by atoms with Crippen molar-refractivity contribution < 1.29 is 13.9 Å². The Morgan fingerprint density at radius 2 is 1.17 bits per heavy atom. The van der Waals surface area contributed by atoms with Crippen molar-refractivity contribution in [1.82, 2.24) is 0 Å². The zero-order valence-electron chi connectivity index (χ0n) is 12.5. The molecule has 0 radical (unpaired) electrons. The van der Waals surface area contributed by atoms with Gasteiger partial charge in [0.15, 0.2) is 0 Å². The summed E-state index contributed by atoms with van der Waals surface area (Å²) in [7, 11) is -1.64. The monoisotopic (exact) mass is 278 g/mol. The van der Waals surface area contributed by atoms with Gasteiger partial charge in [-0.15, -0.1) is 0 Å². The topological polar surface area (TPSA) is 38.7 Å². The molecule has 0 atom stereocenters. The maximum Gasteiger partial charge on any atom is 0.329 e. The minimum absolute atomic E-state index is 0.612. The van der Waals surface area contributed by atoms with Crippen molar-refractivity contribution in [2.45, 2.75) is 66.2 Å². The summed E-state index contributed by atoms with van der Waals surface area (Å²) in [5.41, 5.74) is 0. The fourth-order valence-corrected chi connectivity index (χ4v) is 2.28. The van der Waals surface area contributed by atoms with Crippen LogP contribution in [-0.2, 0) is 9.05 Å². The minimum atomic E-state index is -1.64. The first-order chi connectivity index (χ1) is 8.52. The molecule has 0 bridgehead atoms. The molecule has 110 valence electrons. The zero-order chi connectivity index (χ0) is 13.8. The van der Waals surface area contributed by atoms with Gasteiger partial charge in [-0.3, -0.25) is 0 Å². The Morgan fingerprint density at radius 1 is 0.778 bits per heavy atom. The highest BCUT2D eigenvalue weighted by atomic mass is 31.2. The molecule has 0 rings (SSSR count). The Hall–Kier alpha value is 0.310. The van der Waals surface area contributed by atoms with Gasteiger partial charge >= 0.3 is 8.60 Å². The van der Waals surface area contributed by atoms with E-state index < -0.39 is 8.60 Å². The summed E-state index contributed by atoms with van der Waals surface area (Å²) < 4.78 is 10.5. The third-order valence-electron chi connectivity index (χ3n) is 2.76. The summed E-state index contributed by atoms with van der Waals surface area (Å²) in [4.78, 5) is 9.49. The van der Waals surface area contributed by atoms with Crippen molar-refractivity contribution in [2.24, 2.45) is 11.8 Å². The molecule has 0 amide bonds. The molecule has 0 aliphatic heterocycles. The SMILES string of the molecule is CC(C)CCCCOP(O)OCCCCC(C)C. The molecule has 0 aromatic carbocycles. The van der Waals surface area contributed by atoms with Crippen LogP contribution in [0.15, 0.2) is 0 Å². The molecule has 4 heteroatoms. The average molecular weight is 278 g/mol. The largest absolute Gasteiger partial charge is 0.329 e. The Balaban J connectivity index is 3.19. The van der Waals surface area contributed by atoms with Crippen LogP contribution >= 0.6 is 8.60 Å². The van der Waals surface area contributed by atoms with Gasteiger partial charge in [0.05, 0.1) is 13.2 Å². The van der Waals surface area contributed by atoms with Gasteiger partial charge in [0, 0.05) is 0 Å². The first kappa shape index (κ1) is 18.3. The normalized spacial score (nSPS) is 12.0. The molecule has 0 spiro atoms. The van der Waals surface area contributed by atoms with Crippen LogP contribution in [0, 0.1) is 11.8 Å². The fraction of sp³-hybridized carbons (Fsp3) is 1.00. The van der Waals surface area contributed by atoms with E-state index in [2.05, 4.69) is 27.7 Å². The fourth-order valence-electron chi connectivity index (χ4n) is 1.63. The van der Waals surface area contributed by atoms with Gasteiger partial charge in [0.1, 0.15) is 0 Å². The molecule has 0 heterocycles. The van der Waals surface area contributed by atoms with Crippen molar-refractivity contribution in [2.75, 3.05) is 13.2 Å². The van der Waals surface area contributed by atoms with Gasteiger partial charge in [0.25, 0.3) is 0 Å². The summed E-state index contributed by atoms with van der Waals surface area (Å²) in [6.07, 6.45) is 6.79. The molecule has 0 aliphatic rings. The van der Waals surface area contributed by atoms with Crippen LogP contribution in [0.1, 0.15) is 66.2 Å². The van der Waals surface area contributed by atoms with Crippen LogP contribution in [0.2, 0.25) is 0 Å². The lowest BCUT2D eigenvalue weighted by Gasteiger charge is -2.11. The molecule has 0 saturated heterocycles. The zero-order valence-corrected chi connectivity index (χ0v) is 13.4. The van der Waals surface area contributed by atoms with Crippen LogP contribution in [0.3, 0.4) is 0 Å². The molecule has 0 aliphatic carbocycles. The van der Waals surface area contributed by atoms with Crippen LogP contribution < -0.4 is 0 Å². The van der Waals surface area contributed by atoms with Crippen LogP contribution in [0.5, 0.6) is 0 Å². The van der Waals surface area contributed by atoms with E-state index in [1.807, 2.05) is 0 Å².